The van der Waals surface area contributed by atoms with Crippen molar-refractivity contribution >= 4 is 22.6 Å². The maximum Gasteiger partial charge on any atom is 0.312 e. The summed E-state index contributed by atoms with van der Waals surface area (Å²) < 4.78 is 12.0. The molecular formula is C16H37NO3Si2. The first-order chi connectivity index (χ1) is 9.42. The molecular weight excluding hydrogens is 310 g/mol. The van der Waals surface area contributed by atoms with Crippen molar-refractivity contribution in [3.05, 3.63) is 0 Å². The lowest BCUT2D eigenvalue weighted by atomic mass is 10.2. The van der Waals surface area contributed by atoms with Gasteiger partial charge in [0.2, 0.25) is 0 Å². The largest absolute Gasteiger partial charge is 0.518 e. The Balaban J connectivity index is 4.92. The van der Waals surface area contributed by atoms with Crippen LogP contribution < -0.4 is 5.73 Å². The van der Waals surface area contributed by atoms with Gasteiger partial charge in [-0.15, -0.1) is 0 Å². The Morgan fingerprint density at radius 3 is 1.59 bits per heavy atom. The van der Waals surface area contributed by atoms with E-state index in [1.807, 2.05) is 6.92 Å². The number of nitrogens with two attached hydrogens (primary N) is 1. The molecule has 0 aromatic heterocycles. The van der Waals surface area contributed by atoms with Crippen LogP contribution in [0.3, 0.4) is 0 Å². The van der Waals surface area contributed by atoms with Gasteiger partial charge in [-0.2, -0.15) is 0 Å². The van der Waals surface area contributed by atoms with Crippen LogP contribution in [0.25, 0.3) is 0 Å². The maximum absolute atomic E-state index is 12.4. The van der Waals surface area contributed by atoms with Crippen molar-refractivity contribution in [2.75, 3.05) is 0 Å². The highest BCUT2D eigenvalue weighted by Gasteiger charge is 2.44. The molecule has 0 aromatic carbocycles. The van der Waals surface area contributed by atoms with E-state index in [9.17, 15) is 4.79 Å². The Kier molecular flexibility index (Phi) is 6.69. The van der Waals surface area contributed by atoms with E-state index in [-0.39, 0.29) is 22.1 Å². The predicted octanol–water partition coefficient (Wildman–Crippen LogP) is 4.27. The molecule has 22 heavy (non-hydrogen) atoms. The summed E-state index contributed by atoms with van der Waals surface area (Å²) in [6.07, 6.45) is -0.335. The predicted molar refractivity (Wildman–Crippen MR) is 99.0 cm³/mol. The van der Waals surface area contributed by atoms with Gasteiger partial charge in [0, 0.05) is 0 Å². The van der Waals surface area contributed by atoms with Gasteiger partial charge in [-0.25, -0.2) is 0 Å². The van der Waals surface area contributed by atoms with Crippen molar-refractivity contribution in [3.63, 3.8) is 0 Å². The fourth-order valence-electron chi connectivity index (χ4n) is 1.38. The Bertz CT molecular complexity index is 395. The molecule has 0 aliphatic carbocycles. The van der Waals surface area contributed by atoms with Crippen LogP contribution in [0.5, 0.6) is 0 Å². The third-order valence-corrected chi connectivity index (χ3v) is 14.1. The Labute approximate surface area is 139 Å². The van der Waals surface area contributed by atoms with Gasteiger partial charge in [0.05, 0.1) is 6.10 Å². The molecule has 0 saturated heterocycles. The van der Waals surface area contributed by atoms with Gasteiger partial charge in [0.25, 0.3) is 8.32 Å². The average molecular weight is 348 g/mol. The molecule has 4 nitrogen and oxygen atoms in total. The number of carbonyl (C=O) groups is 1. The molecule has 0 bridgehead atoms. The van der Waals surface area contributed by atoms with Gasteiger partial charge in [0.15, 0.2) is 8.32 Å². The lowest BCUT2D eigenvalue weighted by molar-refractivity contribution is -0.139. The zero-order valence-corrected chi connectivity index (χ0v) is 18.5. The van der Waals surface area contributed by atoms with Crippen molar-refractivity contribution in [1.29, 1.82) is 0 Å². The Morgan fingerprint density at radius 2 is 1.27 bits per heavy atom. The van der Waals surface area contributed by atoms with Gasteiger partial charge in [-0.1, -0.05) is 41.5 Å². The van der Waals surface area contributed by atoms with Gasteiger partial charge in [-0.05, 0) is 43.2 Å². The van der Waals surface area contributed by atoms with E-state index in [0.717, 1.165) is 0 Å². The van der Waals surface area contributed by atoms with Crippen molar-refractivity contribution in [2.24, 2.45) is 5.73 Å². The van der Waals surface area contributed by atoms with Crippen LogP contribution >= 0.6 is 0 Å². The van der Waals surface area contributed by atoms with Crippen molar-refractivity contribution in [1.82, 2.24) is 0 Å². The van der Waals surface area contributed by atoms with E-state index in [0.29, 0.717) is 0 Å². The summed E-state index contributed by atoms with van der Waals surface area (Å²) in [7, 11) is -4.09. The van der Waals surface area contributed by atoms with E-state index in [2.05, 4.69) is 67.7 Å². The minimum atomic E-state index is -2.15. The standard InChI is InChI=1S/C16H37NO3Si2/c1-12(19-21(8,9)15(2,3)4)13(17)14(18)20-22(10,11)16(5,6)7/h12-13H,17H2,1-11H3. The first-order valence-corrected chi connectivity index (χ1v) is 13.9. The summed E-state index contributed by atoms with van der Waals surface area (Å²) in [6.45, 7) is 23.1. The topological polar surface area (TPSA) is 61.5 Å². The summed E-state index contributed by atoms with van der Waals surface area (Å²) in [5.74, 6) is -0.335. The van der Waals surface area contributed by atoms with E-state index in [1.54, 1.807) is 0 Å². The highest BCUT2D eigenvalue weighted by molar-refractivity contribution is 6.75. The smallest absolute Gasteiger partial charge is 0.312 e. The molecule has 0 radical (unpaired) electrons. The van der Waals surface area contributed by atoms with Crippen LogP contribution in [0.1, 0.15) is 48.5 Å². The highest BCUT2D eigenvalue weighted by atomic mass is 28.4. The fraction of sp³-hybridized carbons (Fsp3) is 0.938. The molecule has 6 heteroatoms. The SMILES string of the molecule is CC(O[Si](C)(C)C(C)(C)C)C(N)C(=O)O[Si](C)(C)C(C)(C)C. The van der Waals surface area contributed by atoms with Crippen molar-refractivity contribution < 1.29 is 13.6 Å². The molecule has 0 aromatic rings. The molecule has 2 atom stereocenters. The van der Waals surface area contributed by atoms with E-state index in [4.69, 9.17) is 14.6 Å². The Morgan fingerprint density at radius 1 is 0.909 bits per heavy atom. The summed E-state index contributed by atoms with van der Waals surface area (Å²) in [5.41, 5.74) is 6.11. The molecule has 0 aliphatic heterocycles. The van der Waals surface area contributed by atoms with Crippen LogP contribution in [-0.4, -0.2) is 34.7 Å². The van der Waals surface area contributed by atoms with E-state index < -0.39 is 22.7 Å². The lowest BCUT2D eigenvalue weighted by Gasteiger charge is -2.40. The second-order valence-corrected chi connectivity index (χ2v) is 18.8. The molecule has 132 valence electrons. The number of carbonyl (C=O) groups excluding carboxylic acids is 1. The fourth-order valence-corrected chi connectivity index (χ4v) is 3.75. The first kappa shape index (κ1) is 21.8. The number of hydrogen-bond acceptors (Lipinski definition) is 4. The number of hydrogen-bond donors (Lipinski definition) is 1. The number of rotatable bonds is 5. The molecule has 0 amide bonds. The molecule has 2 unspecified atom stereocenters. The van der Waals surface area contributed by atoms with Crippen LogP contribution in [0.15, 0.2) is 0 Å². The van der Waals surface area contributed by atoms with Crippen LogP contribution in [0, 0.1) is 0 Å². The average Bonchev–Trinajstić information content (AvgIpc) is 2.23. The second kappa shape index (κ2) is 6.75. The van der Waals surface area contributed by atoms with Gasteiger partial charge < -0.3 is 14.6 Å². The Hall–Kier alpha value is -0.176. The minimum absolute atomic E-state index is 0.0219. The zero-order chi connectivity index (χ0) is 18.1. The summed E-state index contributed by atoms with van der Waals surface area (Å²) in [5, 5.41) is 0.0657. The van der Waals surface area contributed by atoms with Crippen LogP contribution in [-0.2, 0) is 13.6 Å². The highest BCUT2D eigenvalue weighted by Crippen LogP contribution is 2.38. The molecule has 0 saturated carbocycles. The summed E-state index contributed by atoms with van der Waals surface area (Å²) in [4.78, 5) is 12.4. The molecule has 2 N–H and O–H groups in total. The van der Waals surface area contributed by atoms with Gasteiger partial charge in [-0.3, -0.25) is 4.79 Å². The first-order valence-electron chi connectivity index (χ1n) is 8.08. The molecule has 0 heterocycles. The molecule has 0 rings (SSSR count). The monoisotopic (exact) mass is 347 g/mol. The summed E-state index contributed by atoms with van der Waals surface area (Å²) >= 11 is 0. The lowest BCUT2D eigenvalue weighted by Crippen LogP contribution is -2.53. The van der Waals surface area contributed by atoms with E-state index >= 15 is 0 Å². The van der Waals surface area contributed by atoms with Gasteiger partial charge >= 0.3 is 5.97 Å². The van der Waals surface area contributed by atoms with Gasteiger partial charge in [0.1, 0.15) is 6.04 Å². The minimum Gasteiger partial charge on any atom is -0.518 e. The maximum atomic E-state index is 12.4. The third-order valence-electron chi connectivity index (χ3n) is 5.23. The second-order valence-electron chi connectivity index (χ2n) is 9.29. The quantitative estimate of drug-likeness (QED) is 0.754. The third kappa shape index (κ3) is 5.47. The van der Waals surface area contributed by atoms with E-state index in [1.165, 1.54) is 0 Å². The summed E-state index contributed by atoms with van der Waals surface area (Å²) in [6, 6.07) is -0.733. The zero-order valence-electron chi connectivity index (χ0n) is 16.5. The molecule has 0 spiro atoms. The van der Waals surface area contributed by atoms with Crippen LogP contribution in [0.4, 0.5) is 0 Å². The van der Waals surface area contributed by atoms with Crippen molar-refractivity contribution in [2.45, 2.75) is 96.9 Å². The molecule has 0 fully saturated rings. The van der Waals surface area contributed by atoms with Crippen LogP contribution in [0.2, 0.25) is 36.3 Å². The van der Waals surface area contributed by atoms with Crippen molar-refractivity contribution in [3.8, 4) is 0 Å². The normalized spacial score (nSPS) is 17.1. The molecule has 0 aliphatic rings.